The van der Waals surface area contributed by atoms with Crippen molar-refractivity contribution in [3.05, 3.63) is 29.2 Å². The van der Waals surface area contributed by atoms with Gasteiger partial charge in [-0.15, -0.1) is 10.2 Å². The van der Waals surface area contributed by atoms with Crippen LogP contribution in [0.15, 0.2) is 22.8 Å². The van der Waals surface area contributed by atoms with Crippen LogP contribution in [-0.2, 0) is 20.9 Å². The van der Waals surface area contributed by atoms with Gasteiger partial charge in [0.2, 0.25) is 11.0 Å². The molecule has 0 aliphatic carbocycles. The maximum Gasteiger partial charge on any atom is 0.490 e. The molecule has 2 aliphatic rings. The predicted octanol–water partition coefficient (Wildman–Crippen LogP) is 2.37. The number of amides is 1. The average molecular weight is 462 g/mol. The minimum absolute atomic E-state index is 0.0339. The number of hydrogen-bond acceptors (Lipinski definition) is 8. The Bertz CT molecular complexity index is 889. The first-order valence-corrected chi connectivity index (χ1v) is 10.3. The molecule has 2 aromatic heterocycles. The molecule has 2 fully saturated rings. The van der Waals surface area contributed by atoms with Crippen molar-refractivity contribution in [2.45, 2.75) is 44.6 Å². The van der Waals surface area contributed by atoms with Crippen molar-refractivity contribution in [3.8, 4) is 0 Å². The summed E-state index contributed by atoms with van der Waals surface area (Å²) >= 11 is 1.57. The highest BCUT2D eigenvalue weighted by molar-refractivity contribution is 7.15. The van der Waals surface area contributed by atoms with Crippen LogP contribution >= 0.6 is 11.3 Å². The molecule has 0 spiro atoms. The number of ether oxygens (including phenoxy) is 1. The molecular weight excluding hydrogens is 441 g/mol. The zero-order chi connectivity index (χ0) is 22.6. The van der Waals surface area contributed by atoms with Gasteiger partial charge >= 0.3 is 12.1 Å². The fourth-order valence-electron chi connectivity index (χ4n) is 3.49. The minimum Gasteiger partial charge on any atom is -0.475 e. The second-order valence-corrected chi connectivity index (χ2v) is 8.21. The number of furan rings is 1. The van der Waals surface area contributed by atoms with Crippen molar-refractivity contribution in [2.24, 2.45) is 5.92 Å². The number of nitrogens with zero attached hydrogens (tertiary/aromatic N) is 3. The topological polar surface area (TPSA) is 118 Å². The molecule has 2 aromatic rings. The van der Waals surface area contributed by atoms with Gasteiger partial charge < -0.3 is 24.5 Å². The summed E-state index contributed by atoms with van der Waals surface area (Å²) in [6.07, 6.45) is -1.66. The van der Waals surface area contributed by atoms with Gasteiger partial charge in [0.25, 0.3) is 0 Å². The lowest BCUT2D eigenvalue weighted by molar-refractivity contribution is -0.192. The number of carboxylic acids is 1. The van der Waals surface area contributed by atoms with Gasteiger partial charge in [-0.1, -0.05) is 11.3 Å². The van der Waals surface area contributed by atoms with Crippen LogP contribution in [0, 0.1) is 12.8 Å². The molecule has 2 aliphatic heterocycles. The van der Waals surface area contributed by atoms with E-state index in [-0.39, 0.29) is 17.9 Å². The summed E-state index contributed by atoms with van der Waals surface area (Å²) < 4.78 is 42.9. The Hall–Kier alpha value is -2.67. The van der Waals surface area contributed by atoms with E-state index in [0.717, 1.165) is 35.3 Å². The molecule has 0 unspecified atom stereocenters. The highest BCUT2D eigenvalue weighted by Gasteiger charge is 2.43. The Kier molecular flexibility index (Phi) is 7.15. The van der Waals surface area contributed by atoms with E-state index in [2.05, 4.69) is 20.4 Å². The molecule has 170 valence electrons. The molecule has 31 heavy (non-hydrogen) atoms. The zero-order valence-electron chi connectivity index (χ0n) is 16.5. The largest absolute Gasteiger partial charge is 0.490 e. The molecule has 2 saturated heterocycles. The number of nitrogens with one attached hydrogen (secondary N) is 1. The molecule has 9 nitrogen and oxygen atoms in total. The van der Waals surface area contributed by atoms with Crippen molar-refractivity contribution in [3.63, 3.8) is 0 Å². The number of fused-ring (bicyclic) bond motifs is 1. The summed E-state index contributed by atoms with van der Waals surface area (Å²) in [5.41, 5.74) is 0. The number of halogens is 3. The molecule has 2 N–H and O–H groups in total. The summed E-state index contributed by atoms with van der Waals surface area (Å²) in [6.45, 7) is 3.75. The molecule has 3 atom stereocenters. The van der Waals surface area contributed by atoms with E-state index in [1.54, 1.807) is 17.6 Å². The standard InChI is InChI=1S/C16H20N4O3S.C2HF3O2/c1-10-18-19-16(24-10)20-9-11(7-14-13(20)4-6-23-14)15(21)17-8-12-3-2-5-22-12;3-2(4,5)1(6)7/h2-3,5,11,13-14H,4,6-9H2,1H3,(H,17,21);(H,6,7)/t11-,13+,14+;/m0./s1. The molecule has 1 amide bonds. The summed E-state index contributed by atoms with van der Waals surface area (Å²) in [5.74, 6) is -2.09. The maximum absolute atomic E-state index is 12.6. The van der Waals surface area contributed by atoms with Crippen LogP contribution < -0.4 is 10.2 Å². The number of carboxylic acid groups (broad SMARTS) is 1. The van der Waals surface area contributed by atoms with Crippen LogP contribution in [0.5, 0.6) is 0 Å². The SMILES string of the molecule is Cc1nnc(N2C[C@@H](C(=O)NCc3ccco3)C[C@H]3OCC[C@H]32)s1.O=C(O)C(F)(F)F. The monoisotopic (exact) mass is 462 g/mol. The third-order valence-electron chi connectivity index (χ3n) is 4.90. The lowest BCUT2D eigenvalue weighted by Crippen LogP contribution is -2.53. The lowest BCUT2D eigenvalue weighted by atomic mass is 9.90. The molecule has 13 heteroatoms. The first-order valence-electron chi connectivity index (χ1n) is 9.43. The van der Waals surface area contributed by atoms with E-state index in [1.165, 1.54) is 0 Å². The third kappa shape index (κ3) is 5.94. The smallest absolute Gasteiger partial charge is 0.475 e. The van der Waals surface area contributed by atoms with Crippen molar-refractivity contribution in [2.75, 3.05) is 18.1 Å². The van der Waals surface area contributed by atoms with Crippen molar-refractivity contribution < 1.29 is 37.0 Å². The number of rotatable bonds is 4. The molecule has 0 radical (unpaired) electrons. The Labute approximate surface area is 179 Å². The van der Waals surface area contributed by atoms with Gasteiger partial charge in [0.15, 0.2) is 0 Å². The number of aromatic nitrogens is 2. The summed E-state index contributed by atoms with van der Waals surface area (Å²) in [5, 5.41) is 20.3. The minimum atomic E-state index is -5.08. The summed E-state index contributed by atoms with van der Waals surface area (Å²) in [6, 6.07) is 3.97. The van der Waals surface area contributed by atoms with E-state index in [4.69, 9.17) is 19.1 Å². The van der Waals surface area contributed by atoms with Crippen LogP contribution in [0.4, 0.5) is 18.3 Å². The summed E-state index contributed by atoms with van der Waals surface area (Å²) in [4.78, 5) is 23.7. The van der Waals surface area contributed by atoms with Crippen molar-refractivity contribution >= 4 is 28.3 Å². The number of aryl methyl sites for hydroxylation is 1. The van der Waals surface area contributed by atoms with E-state index < -0.39 is 12.1 Å². The van der Waals surface area contributed by atoms with Crippen LogP contribution in [0.2, 0.25) is 0 Å². The first-order chi connectivity index (χ1) is 14.6. The van der Waals surface area contributed by atoms with Gasteiger partial charge in [-0.25, -0.2) is 4.79 Å². The van der Waals surface area contributed by atoms with E-state index in [9.17, 15) is 18.0 Å². The van der Waals surface area contributed by atoms with Crippen LogP contribution in [0.25, 0.3) is 0 Å². The van der Waals surface area contributed by atoms with Gasteiger partial charge in [0.05, 0.1) is 30.9 Å². The van der Waals surface area contributed by atoms with Crippen LogP contribution in [0.1, 0.15) is 23.6 Å². The number of alkyl halides is 3. The fraction of sp³-hybridized carbons (Fsp3) is 0.556. The average Bonchev–Trinajstić information content (AvgIpc) is 3.46. The third-order valence-corrected chi connectivity index (χ3v) is 5.78. The number of carbonyl (C=O) groups excluding carboxylic acids is 1. The van der Waals surface area contributed by atoms with Gasteiger partial charge in [-0.05, 0) is 31.9 Å². The predicted molar refractivity (Wildman–Crippen MR) is 102 cm³/mol. The molecule has 0 aromatic carbocycles. The Balaban J connectivity index is 0.000000339. The highest BCUT2D eigenvalue weighted by Crippen LogP contribution is 2.35. The number of carbonyl (C=O) groups is 2. The Morgan fingerprint density at radius 1 is 1.39 bits per heavy atom. The number of hydrogen-bond donors (Lipinski definition) is 2. The number of anilines is 1. The van der Waals surface area contributed by atoms with Gasteiger partial charge in [0.1, 0.15) is 10.8 Å². The number of piperidine rings is 1. The molecule has 0 saturated carbocycles. The molecule has 4 heterocycles. The first kappa shape index (κ1) is 23.0. The molecule has 4 rings (SSSR count). The van der Waals surface area contributed by atoms with Gasteiger partial charge in [-0.3, -0.25) is 4.79 Å². The highest BCUT2D eigenvalue weighted by atomic mass is 32.1. The second kappa shape index (κ2) is 9.64. The van der Waals surface area contributed by atoms with E-state index in [0.29, 0.717) is 19.1 Å². The summed E-state index contributed by atoms with van der Waals surface area (Å²) in [7, 11) is 0. The number of aliphatic carboxylic acids is 1. The second-order valence-electron chi connectivity index (χ2n) is 7.05. The van der Waals surface area contributed by atoms with E-state index in [1.807, 2.05) is 19.1 Å². The molecule has 0 bridgehead atoms. The van der Waals surface area contributed by atoms with Gasteiger partial charge in [0, 0.05) is 13.2 Å². The van der Waals surface area contributed by atoms with E-state index >= 15 is 0 Å². The van der Waals surface area contributed by atoms with Crippen molar-refractivity contribution in [1.82, 2.24) is 15.5 Å². The quantitative estimate of drug-likeness (QED) is 0.711. The van der Waals surface area contributed by atoms with Crippen molar-refractivity contribution in [1.29, 1.82) is 0 Å². The zero-order valence-corrected chi connectivity index (χ0v) is 17.3. The molecular formula is C18H21F3N4O5S. The fourth-order valence-corrected chi connectivity index (χ4v) is 4.25. The maximum atomic E-state index is 12.6. The Morgan fingerprint density at radius 3 is 2.71 bits per heavy atom. The normalized spacial score (nSPS) is 23.0. The Morgan fingerprint density at radius 2 is 2.13 bits per heavy atom. The van der Waals surface area contributed by atoms with Crippen LogP contribution in [0.3, 0.4) is 0 Å². The lowest BCUT2D eigenvalue weighted by Gasteiger charge is -2.39. The van der Waals surface area contributed by atoms with Crippen LogP contribution in [-0.4, -0.2) is 58.7 Å². The van der Waals surface area contributed by atoms with Gasteiger partial charge in [-0.2, -0.15) is 13.2 Å².